The maximum absolute atomic E-state index is 13.7. The number of halogens is 2. The molecule has 0 saturated heterocycles. The molecule has 0 bridgehead atoms. The first-order chi connectivity index (χ1) is 12.2. The van der Waals surface area contributed by atoms with Gasteiger partial charge in [-0.15, -0.1) is 0 Å². The lowest BCUT2D eigenvalue weighted by molar-refractivity contribution is 0.371. The highest BCUT2D eigenvalue weighted by Crippen LogP contribution is 2.55. The topological polar surface area (TPSA) is 60.8 Å². The molecule has 2 atom stereocenters. The Bertz CT molecular complexity index is 903. The number of benzene rings is 1. The van der Waals surface area contributed by atoms with Crippen LogP contribution < -0.4 is 4.74 Å². The van der Waals surface area contributed by atoms with Crippen LogP contribution in [0.5, 0.6) is 5.75 Å². The summed E-state index contributed by atoms with van der Waals surface area (Å²) < 4.78 is 32.2. The van der Waals surface area contributed by atoms with Crippen LogP contribution in [0.4, 0.5) is 8.78 Å². The number of ether oxygens (including phenoxy) is 1. The van der Waals surface area contributed by atoms with Crippen molar-refractivity contribution >= 4 is 0 Å². The average molecular weight is 340 g/mol. The molecule has 1 aliphatic rings. The van der Waals surface area contributed by atoms with Crippen LogP contribution >= 0.6 is 0 Å². The molecular weight excluding hydrogens is 326 g/mol. The molecule has 2 heterocycles. The van der Waals surface area contributed by atoms with Gasteiger partial charge < -0.3 is 4.74 Å². The molecule has 3 aromatic rings. The van der Waals surface area contributed by atoms with Crippen molar-refractivity contribution in [2.24, 2.45) is 0 Å². The molecule has 25 heavy (non-hydrogen) atoms. The molecule has 1 fully saturated rings. The quantitative estimate of drug-likeness (QED) is 0.727. The molecular formula is C18H14F2N4O. The van der Waals surface area contributed by atoms with Crippen LogP contribution in [0.15, 0.2) is 43.1 Å². The van der Waals surface area contributed by atoms with Crippen LogP contribution in [-0.4, -0.2) is 27.0 Å². The fraction of sp³-hybridized carbons (Fsp3) is 0.222. The van der Waals surface area contributed by atoms with E-state index in [-0.39, 0.29) is 17.6 Å². The van der Waals surface area contributed by atoms with Crippen molar-refractivity contribution in [1.82, 2.24) is 19.9 Å². The van der Waals surface area contributed by atoms with Crippen molar-refractivity contribution in [2.75, 3.05) is 7.11 Å². The number of methoxy groups -OCH3 is 1. The van der Waals surface area contributed by atoms with E-state index in [1.807, 2.05) is 0 Å². The number of aromatic nitrogens is 4. The van der Waals surface area contributed by atoms with Crippen LogP contribution in [0.2, 0.25) is 0 Å². The Balaban J connectivity index is 1.55. The number of rotatable bonds is 4. The highest BCUT2D eigenvalue weighted by molar-refractivity contribution is 5.48. The van der Waals surface area contributed by atoms with Gasteiger partial charge in [-0.2, -0.15) is 4.39 Å². The van der Waals surface area contributed by atoms with Crippen molar-refractivity contribution in [2.45, 2.75) is 18.3 Å². The first-order valence-electron chi connectivity index (χ1n) is 7.78. The van der Waals surface area contributed by atoms with Crippen molar-refractivity contribution < 1.29 is 13.5 Å². The Kier molecular flexibility index (Phi) is 3.83. The second kappa shape index (κ2) is 6.16. The van der Waals surface area contributed by atoms with Gasteiger partial charge in [0.15, 0.2) is 17.4 Å². The van der Waals surface area contributed by atoms with E-state index in [0.717, 1.165) is 17.5 Å². The summed E-state index contributed by atoms with van der Waals surface area (Å²) in [4.78, 5) is 16.7. The molecule has 7 heteroatoms. The van der Waals surface area contributed by atoms with Crippen LogP contribution in [0.25, 0.3) is 11.5 Å². The summed E-state index contributed by atoms with van der Waals surface area (Å²) in [5.74, 6) is -1.10. The first kappa shape index (κ1) is 15.6. The predicted molar refractivity (Wildman–Crippen MR) is 86.1 cm³/mol. The van der Waals surface area contributed by atoms with Gasteiger partial charge in [-0.3, -0.25) is 0 Å². The normalized spacial score (nSPS) is 18.8. The Morgan fingerprint density at radius 1 is 1.04 bits per heavy atom. The zero-order valence-corrected chi connectivity index (χ0v) is 13.4. The molecule has 126 valence electrons. The summed E-state index contributed by atoms with van der Waals surface area (Å²) in [6, 6.07) is 4.53. The Morgan fingerprint density at radius 3 is 2.48 bits per heavy atom. The van der Waals surface area contributed by atoms with Gasteiger partial charge in [0.2, 0.25) is 5.82 Å². The van der Waals surface area contributed by atoms with Crippen LogP contribution in [0, 0.1) is 11.6 Å². The van der Waals surface area contributed by atoms with E-state index >= 15 is 0 Å². The fourth-order valence-electron chi connectivity index (χ4n) is 2.96. The Labute approximate surface area is 142 Å². The van der Waals surface area contributed by atoms with Gasteiger partial charge in [0.25, 0.3) is 0 Å². The molecule has 1 aromatic carbocycles. The van der Waals surface area contributed by atoms with Gasteiger partial charge in [-0.05, 0) is 47.6 Å². The minimum Gasteiger partial charge on any atom is -0.494 e. The van der Waals surface area contributed by atoms with Crippen LogP contribution in [-0.2, 0) is 0 Å². The van der Waals surface area contributed by atoms with Gasteiger partial charge in [0, 0.05) is 18.6 Å². The van der Waals surface area contributed by atoms with Crippen molar-refractivity contribution in [1.29, 1.82) is 0 Å². The molecule has 0 spiro atoms. The van der Waals surface area contributed by atoms with Crippen LogP contribution in [0.1, 0.15) is 29.4 Å². The second-order valence-electron chi connectivity index (χ2n) is 5.90. The third-order valence-electron chi connectivity index (χ3n) is 4.37. The van der Waals surface area contributed by atoms with E-state index in [0.29, 0.717) is 11.5 Å². The monoisotopic (exact) mass is 340 g/mol. The molecule has 0 amide bonds. The second-order valence-corrected chi connectivity index (χ2v) is 5.90. The summed E-state index contributed by atoms with van der Waals surface area (Å²) in [5.41, 5.74) is 2.34. The summed E-state index contributed by atoms with van der Waals surface area (Å²) in [6.45, 7) is 0. The Morgan fingerprint density at radius 2 is 1.80 bits per heavy atom. The van der Waals surface area contributed by atoms with E-state index in [9.17, 15) is 8.78 Å². The minimum absolute atomic E-state index is 0.0731. The zero-order chi connectivity index (χ0) is 17.4. The summed E-state index contributed by atoms with van der Waals surface area (Å²) in [5, 5.41) is 0. The molecule has 1 saturated carbocycles. The van der Waals surface area contributed by atoms with E-state index in [1.54, 1.807) is 30.7 Å². The van der Waals surface area contributed by atoms with Gasteiger partial charge in [0.1, 0.15) is 12.0 Å². The largest absolute Gasteiger partial charge is 0.494 e. The third-order valence-corrected chi connectivity index (χ3v) is 4.37. The van der Waals surface area contributed by atoms with Crippen molar-refractivity contribution in [3.05, 3.63) is 65.9 Å². The van der Waals surface area contributed by atoms with Crippen molar-refractivity contribution in [3.63, 3.8) is 0 Å². The summed E-state index contributed by atoms with van der Waals surface area (Å²) >= 11 is 0. The van der Waals surface area contributed by atoms with E-state index < -0.39 is 11.6 Å². The maximum Gasteiger partial charge on any atom is 0.200 e. The lowest BCUT2D eigenvalue weighted by atomic mass is 10.1. The smallest absolute Gasteiger partial charge is 0.200 e. The fourth-order valence-corrected chi connectivity index (χ4v) is 2.96. The standard InChI is InChI=1S/C18H14F2N4O/c1-25-16-5-10(4-14(19)17(16)20)12-6-13(12)11-7-22-18(23-8-11)15-2-3-21-9-24-15/h2-5,7-9,12-13H,6H2,1H3/t12-,13+/m1/s1. The lowest BCUT2D eigenvalue weighted by Gasteiger charge is -2.07. The highest BCUT2D eigenvalue weighted by Gasteiger charge is 2.40. The van der Waals surface area contributed by atoms with Crippen molar-refractivity contribution in [3.8, 4) is 17.3 Å². The average Bonchev–Trinajstić information content (AvgIpc) is 3.45. The van der Waals surface area contributed by atoms with E-state index in [4.69, 9.17) is 4.74 Å². The number of nitrogens with zero attached hydrogens (tertiary/aromatic N) is 4. The van der Waals surface area contributed by atoms with Gasteiger partial charge in [-0.25, -0.2) is 24.3 Å². The zero-order valence-electron chi connectivity index (χ0n) is 13.4. The van der Waals surface area contributed by atoms with E-state index in [1.165, 1.54) is 19.5 Å². The molecule has 0 aliphatic heterocycles. The number of hydrogen-bond acceptors (Lipinski definition) is 5. The minimum atomic E-state index is -0.957. The molecule has 1 aliphatic carbocycles. The number of hydrogen-bond donors (Lipinski definition) is 0. The summed E-state index contributed by atoms with van der Waals surface area (Å²) in [6.07, 6.45) is 7.43. The maximum atomic E-state index is 13.7. The molecule has 0 N–H and O–H groups in total. The lowest BCUT2D eigenvalue weighted by Crippen LogP contribution is -1.96. The SMILES string of the molecule is COc1cc([C@H]2C[C@H]2c2cnc(-c3ccncn3)nc2)cc(F)c1F. The van der Waals surface area contributed by atoms with Gasteiger partial charge in [0.05, 0.1) is 7.11 Å². The molecule has 0 radical (unpaired) electrons. The van der Waals surface area contributed by atoms with E-state index in [2.05, 4.69) is 19.9 Å². The summed E-state index contributed by atoms with van der Waals surface area (Å²) in [7, 11) is 1.33. The van der Waals surface area contributed by atoms with Crippen LogP contribution in [0.3, 0.4) is 0 Å². The Hall–Kier alpha value is -2.96. The highest BCUT2D eigenvalue weighted by atomic mass is 19.2. The third kappa shape index (κ3) is 2.93. The molecule has 5 nitrogen and oxygen atoms in total. The predicted octanol–water partition coefficient (Wildman–Crippen LogP) is 3.49. The molecule has 0 unspecified atom stereocenters. The first-order valence-corrected chi connectivity index (χ1v) is 7.78. The van der Waals surface area contributed by atoms with Gasteiger partial charge >= 0.3 is 0 Å². The molecule has 2 aromatic heterocycles. The van der Waals surface area contributed by atoms with Gasteiger partial charge in [-0.1, -0.05) is 0 Å². The molecule has 4 rings (SSSR count).